The van der Waals surface area contributed by atoms with E-state index < -0.39 is 0 Å². The molecule has 1 heterocycles. The van der Waals surface area contributed by atoms with Gasteiger partial charge in [0, 0.05) is 36.3 Å². The van der Waals surface area contributed by atoms with Crippen LogP contribution in [-0.2, 0) is 0 Å². The van der Waals surface area contributed by atoms with Gasteiger partial charge in [0.05, 0.1) is 6.17 Å². The molecule has 136 valence electrons. The highest BCUT2D eigenvalue weighted by Gasteiger charge is 2.13. The molecule has 1 aromatic heterocycles. The van der Waals surface area contributed by atoms with Gasteiger partial charge in [0.15, 0.2) is 0 Å². The molecular weight excluding hydrogens is 322 g/mol. The summed E-state index contributed by atoms with van der Waals surface area (Å²) in [5, 5.41) is 10.9. The molecule has 0 fully saturated rings. The SMILES string of the molecule is CN=C(NC)c1ccc(-c2[nH]c3ccc(C(NC)NC)cc3c2C)cc1. The highest BCUT2D eigenvalue weighted by molar-refractivity contribution is 5.99. The van der Waals surface area contributed by atoms with Crippen molar-refractivity contribution >= 4 is 16.7 Å². The van der Waals surface area contributed by atoms with Crippen molar-refractivity contribution < 1.29 is 0 Å². The van der Waals surface area contributed by atoms with Crippen LogP contribution in [0.25, 0.3) is 22.2 Å². The molecule has 2 aromatic carbocycles. The van der Waals surface area contributed by atoms with E-state index in [1.54, 1.807) is 7.05 Å². The van der Waals surface area contributed by atoms with E-state index in [2.05, 4.69) is 75.3 Å². The third-order valence-electron chi connectivity index (χ3n) is 4.90. The van der Waals surface area contributed by atoms with Gasteiger partial charge in [-0.15, -0.1) is 0 Å². The number of aromatic amines is 1. The van der Waals surface area contributed by atoms with Crippen LogP contribution in [0.4, 0.5) is 0 Å². The van der Waals surface area contributed by atoms with Crippen molar-refractivity contribution in [1.82, 2.24) is 20.9 Å². The summed E-state index contributed by atoms with van der Waals surface area (Å²) in [5.41, 5.74) is 7.06. The van der Waals surface area contributed by atoms with Crippen LogP contribution in [0.1, 0.15) is 22.9 Å². The molecule has 0 saturated heterocycles. The van der Waals surface area contributed by atoms with Gasteiger partial charge in [-0.25, -0.2) is 0 Å². The van der Waals surface area contributed by atoms with Crippen molar-refractivity contribution in [2.45, 2.75) is 13.1 Å². The molecule has 3 rings (SSSR count). The average Bonchev–Trinajstić information content (AvgIpc) is 3.01. The number of hydrogen-bond donors (Lipinski definition) is 4. The molecule has 0 aliphatic rings. The predicted octanol–water partition coefficient (Wildman–Crippen LogP) is 3.18. The molecule has 0 atom stereocenters. The Bertz CT molecular complexity index is 917. The number of aliphatic imine (C=N–C) groups is 1. The van der Waals surface area contributed by atoms with Crippen LogP contribution in [0.15, 0.2) is 47.5 Å². The zero-order valence-electron chi connectivity index (χ0n) is 16.1. The lowest BCUT2D eigenvalue weighted by Crippen LogP contribution is -2.28. The first-order valence-electron chi connectivity index (χ1n) is 8.85. The minimum atomic E-state index is 0.143. The number of aromatic nitrogens is 1. The molecule has 5 nitrogen and oxygen atoms in total. The third kappa shape index (κ3) is 3.23. The lowest BCUT2D eigenvalue weighted by atomic mass is 10.0. The van der Waals surface area contributed by atoms with Crippen LogP contribution in [0, 0.1) is 6.92 Å². The summed E-state index contributed by atoms with van der Waals surface area (Å²) in [5.74, 6) is 0.889. The molecule has 0 aliphatic heterocycles. The van der Waals surface area contributed by atoms with Crippen molar-refractivity contribution in [1.29, 1.82) is 0 Å². The maximum Gasteiger partial charge on any atom is 0.127 e. The lowest BCUT2D eigenvalue weighted by Gasteiger charge is -2.15. The third-order valence-corrected chi connectivity index (χ3v) is 4.90. The van der Waals surface area contributed by atoms with Crippen LogP contribution in [0.5, 0.6) is 0 Å². The quantitative estimate of drug-likeness (QED) is 0.325. The second-order valence-corrected chi connectivity index (χ2v) is 6.34. The number of hydrogen-bond acceptors (Lipinski definition) is 3. The predicted molar refractivity (Wildman–Crippen MR) is 111 cm³/mol. The van der Waals surface area contributed by atoms with Gasteiger partial charge in [0.2, 0.25) is 0 Å². The van der Waals surface area contributed by atoms with E-state index in [0.717, 1.165) is 22.6 Å². The van der Waals surface area contributed by atoms with E-state index in [1.165, 1.54) is 22.1 Å². The fourth-order valence-electron chi connectivity index (χ4n) is 3.47. The van der Waals surface area contributed by atoms with Crippen molar-refractivity contribution in [2.24, 2.45) is 4.99 Å². The summed E-state index contributed by atoms with van der Waals surface area (Å²) in [6.45, 7) is 2.17. The summed E-state index contributed by atoms with van der Waals surface area (Å²) in [4.78, 5) is 7.83. The number of benzene rings is 2. The Morgan fingerprint density at radius 2 is 1.69 bits per heavy atom. The molecule has 0 bridgehead atoms. The van der Waals surface area contributed by atoms with Gasteiger partial charge in [-0.05, 0) is 49.8 Å². The first kappa shape index (κ1) is 18.2. The number of amidine groups is 1. The van der Waals surface area contributed by atoms with E-state index in [1.807, 2.05) is 21.1 Å². The monoisotopic (exact) mass is 349 g/mol. The maximum atomic E-state index is 4.26. The van der Waals surface area contributed by atoms with Gasteiger partial charge in [-0.2, -0.15) is 0 Å². The van der Waals surface area contributed by atoms with Gasteiger partial charge in [-0.3, -0.25) is 4.99 Å². The standard InChI is InChI=1S/C21H27N5/c1-13-17-12-16(21(24-4)25-5)10-11-18(17)26-19(13)14-6-8-15(9-7-14)20(22-2)23-3/h6-12,21,24-26H,1-5H3,(H,22,23). The Kier molecular flexibility index (Phi) is 5.40. The van der Waals surface area contributed by atoms with Crippen molar-refractivity contribution in [3.8, 4) is 11.3 Å². The molecule has 0 saturated carbocycles. The summed E-state index contributed by atoms with van der Waals surface area (Å²) in [6.07, 6.45) is 0.143. The van der Waals surface area contributed by atoms with Crippen LogP contribution in [-0.4, -0.2) is 39.0 Å². The molecule has 5 heteroatoms. The minimum Gasteiger partial charge on any atom is -0.373 e. The molecule has 0 amide bonds. The van der Waals surface area contributed by atoms with Gasteiger partial charge < -0.3 is 20.9 Å². The van der Waals surface area contributed by atoms with E-state index in [9.17, 15) is 0 Å². The number of nitrogens with one attached hydrogen (secondary N) is 4. The molecule has 0 unspecified atom stereocenters. The number of H-pyrrole nitrogens is 1. The molecular formula is C21H27N5. The van der Waals surface area contributed by atoms with E-state index in [4.69, 9.17) is 0 Å². The fourth-order valence-corrected chi connectivity index (χ4v) is 3.47. The topological polar surface area (TPSA) is 64.2 Å². The summed E-state index contributed by atoms with van der Waals surface area (Å²) in [7, 11) is 7.60. The van der Waals surface area contributed by atoms with Crippen LogP contribution in [0.2, 0.25) is 0 Å². The zero-order chi connectivity index (χ0) is 18.7. The van der Waals surface area contributed by atoms with E-state index >= 15 is 0 Å². The summed E-state index contributed by atoms with van der Waals surface area (Å²) < 4.78 is 0. The zero-order valence-corrected chi connectivity index (χ0v) is 16.1. The maximum absolute atomic E-state index is 4.26. The Labute approximate surface area is 154 Å². The Balaban J connectivity index is 2.02. The van der Waals surface area contributed by atoms with Crippen molar-refractivity contribution in [3.05, 3.63) is 59.2 Å². The van der Waals surface area contributed by atoms with Gasteiger partial charge in [-0.1, -0.05) is 30.3 Å². The minimum absolute atomic E-state index is 0.143. The second-order valence-electron chi connectivity index (χ2n) is 6.34. The number of aryl methyl sites for hydroxylation is 1. The van der Waals surface area contributed by atoms with Gasteiger partial charge in [0.1, 0.15) is 5.84 Å². The van der Waals surface area contributed by atoms with E-state index in [0.29, 0.717) is 0 Å². The molecule has 0 radical (unpaired) electrons. The van der Waals surface area contributed by atoms with Crippen molar-refractivity contribution in [3.63, 3.8) is 0 Å². The first-order valence-corrected chi connectivity index (χ1v) is 8.85. The van der Waals surface area contributed by atoms with Gasteiger partial charge in [0.25, 0.3) is 0 Å². The number of nitrogens with zero attached hydrogens (tertiary/aromatic N) is 1. The number of fused-ring (bicyclic) bond motifs is 1. The van der Waals surface area contributed by atoms with Crippen molar-refractivity contribution in [2.75, 3.05) is 28.2 Å². The fraction of sp³-hybridized carbons (Fsp3) is 0.286. The van der Waals surface area contributed by atoms with Crippen LogP contribution in [0.3, 0.4) is 0 Å². The molecule has 0 aliphatic carbocycles. The largest absolute Gasteiger partial charge is 0.373 e. The Hall–Kier alpha value is -2.63. The van der Waals surface area contributed by atoms with E-state index in [-0.39, 0.29) is 6.17 Å². The molecule has 3 aromatic rings. The highest BCUT2D eigenvalue weighted by Crippen LogP contribution is 2.31. The average molecular weight is 349 g/mol. The molecule has 0 spiro atoms. The first-order chi connectivity index (χ1) is 12.6. The van der Waals surface area contributed by atoms with Crippen LogP contribution < -0.4 is 16.0 Å². The molecule has 26 heavy (non-hydrogen) atoms. The Morgan fingerprint density at radius 1 is 1.00 bits per heavy atom. The smallest absolute Gasteiger partial charge is 0.127 e. The highest BCUT2D eigenvalue weighted by atomic mass is 15.1. The van der Waals surface area contributed by atoms with Crippen LogP contribution >= 0.6 is 0 Å². The lowest BCUT2D eigenvalue weighted by molar-refractivity contribution is 0.520. The summed E-state index contributed by atoms with van der Waals surface area (Å²) in [6, 6.07) is 15.0. The summed E-state index contributed by atoms with van der Waals surface area (Å²) >= 11 is 0. The number of rotatable bonds is 5. The molecule has 4 N–H and O–H groups in total. The van der Waals surface area contributed by atoms with Gasteiger partial charge >= 0.3 is 0 Å². The normalized spacial score (nSPS) is 12.2. The Morgan fingerprint density at radius 3 is 2.27 bits per heavy atom. The second kappa shape index (κ2) is 7.72.